The van der Waals surface area contributed by atoms with E-state index in [1.807, 2.05) is 31.2 Å². The van der Waals surface area contributed by atoms with Gasteiger partial charge in [-0.25, -0.2) is 0 Å². The average Bonchev–Trinajstić information content (AvgIpc) is 3.45. The Morgan fingerprint density at radius 2 is 1.95 bits per heavy atom. The van der Waals surface area contributed by atoms with Crippen molar-refractivity contribution in [2.75, 3.05) is 20.7 Å². The zero-order valence-electron chi connectivity index (χ0n) is 22.9. The van der Waals surface area contributed by atoms with E-state index in [1.165, 1.54) is 12.0 Å². The first-order valence-corrected chi connectivity index (χ1v) is 13.3. The third-order valence-corrected chi connectivity index (χ3v) is 8.73. The van der Waals surface area contributed by atoms with E-state index in [4.69, 9.17) is 4.74 Å². The number of halogens is 3. The largest absolute Gasteiger partial charge is 0.496 e. The minimum Gasteiger partial charge on any atom is -0.496 e. The quantitative estimate of drug-likeness (QED) is 0.420. The second-order valence-electron chi connectivity index (χ2n) is 11.2. The fourth-order valence-electron chi connectivity index (χ4n) is 6.95. The molecule has 0 saturated heterocycles. The van der Waals surface area contributed by atoms with Gasteiger partial charge >= 0.3 is 6.18 Å². The summed E-state index contributed by atoms with van der Waals surface area (Å²) in [5.41, 5.74) is 2.95. The number of nitrogens with zero attached hydrogens (tertiary/aromatic N) is 2. The van der Waals surface area contributed by atoms with Crippen LogP contribution in [0.15, 0.2) is 35.1 Å². The Kier molecular flexibility index (Phi) is 7.03. The van der Waals surface area contributed by atoms with Gasteiger partial charge in [-0.3, -0.25) is 14.5 Å². The zero-order valence-corrected chi connectivity index (χ0v) is 22.9. The second kappa shape index (κ2) is 10.0. The van der Waals surface area contributed by atoms with Crippen LogP contribution in [0.1, 0.15) is 53.1 Å². The Balaban J connectivity index is 1.41. The maximum Gasteiger partial charge on any atom is 0.401 e. The van der Waals surface area contributed by atoms with E-state index in [9.17, 15) is 22.8 Å². The molecule has 0 radical (unpaired) electrons. The van der Waals surface area contributed by atoms with Gasteiger partial charge in [0.05, 0.1) is 31.3 Å². The maximum absolute atomic E-state index is 13.5. The average molecular weight is 545 g/mol. The molecule has 210 valence electrons. The van der Waals surface area contributed by atoms with Gasteiger partial charge < -0.3 is 19.6 Å². The number of para-hydroxylation sites is 1. The summed E-state index contributed by atoms with van der Waals surface area (Å²) in [7, 11) is 3.06. The molecule has 10 heteroatoms. The second-order valence-corrected chi connectivity index (χ2v) is 11.2. The third-order valence-electron chi connectivity index (χ3n) is 8.73. The summed E-state index contributed by atoms with van der Waals surface area (Å²) in [5.74, 6) is 1.01. The number of amides is 1. The molecule has 39 heavy (non-hydrogen) atoms. The van der Waals surface area contributed by atoms with Gasteiger partial charge in [0.2, 0.25) is 0 Å². The van der Waals surface area contributed by atoms with Crippen LogP contribution in [0.3, 0.4) is 0 Å². The van der Waals surface area contributed by atoms with Crippen LogP contribution < -0.4 is 15.6 Å². The number of rotatable bonds is 8. The van der Waals surface area contributed by atoms with E-state index >= 15 is 0 Å². The maximum atomic E-state index is 13.5. The van der Waals surface area contributed by atoms with Crippen molar-refractivity contribution < 1.29 is 22.7 Å². The van der Waals surface area contributed by atoms with Crippen molar-refractivity contribution in [3.63, 3.8) is 0 Å². The summed E-state index contributed by atoms with van der Waals surface area (Å²) in [6, 6.07) is 9.35. The van der Waals surface area contributed by atoms with Crippen LogP contribution in [0.4, 0.5) is 13.2 Å². The first kappa shape index (κ1) is 27.3. The molecule has 3 aromatic rings. The number of hydrogen-bond donors (Lipinski definition) is 2. The van der Waals surface area contributed by atoms with Gasteiger partial charge in [0.15, 0.2) is 0 Å². The van der Waals surface area contributed by atoms with E-state index in [2.05, 4.69) is 21.8 Å². The molecule has 1 amide bonds. The number of methoxy groups -OCH3 is 1. The number of carbonyl (C=O) groups is 1. The highest BCUT2D eigenvalue weighted by atomic mass is 19.4. The van der Waals surface area contributed by atoms with E-state index < -0.39 is 12.7 Å². The first-order valence-electron chi connectivity index (χ1n) is 13.3. The minimum atomic E-state index is -4.22. The van der Waals surface area contributed by atoms with E-state index in [-0.39, 0.29) is 41.9 Å². The molecule has 2 aliphatic carbocycles. The highest BCUT2D eigenvalue weighted by molar-refractivity contribution is 6.08. The van der Waals surface area contributed by atoms with Crippen molar-refractivity contribution in [3.8, 4) is 5.75 Å². The molecule has 2 fully saturated rings. The smallest absolute Gasteiger partial charge is 0.401 e. The van der Waals surface area contributed by atoms with Crippen molar-refractivity contribution in [3.05, 3.63) is 63.2 Å². The summed E-state index contributed by atoms with van der Waals surface area (Å²) in [6.07, 6.45) is -2.57. The Labute approximate surface area is 225 Å². The predicted octanol–water partition coefficient (Wildman–Crippen LogP) is 4.96. The van der Waals surface area contributed by atoms with Crippen LogP contribution in [0.2, 0.25) is 0 Å². The summed E-state index contributed by atoms with van der Waals surface area (Å²) in [5, 5.41) is 3.71. The molecular formula is C29H35F3N4O3. The first-order chi connectivity index (χ1) is 18.4. The van der Waals surface area contributed by atoms with Crippen LogP contribution in [-0.4, -0.2) is 53.3 Å². The number of aromatic nitrogens is 2. The number of alkyl halides is 3. The molecule has 2 aromatic heterocycles. The highest BCUT2D eigenvalue weighted by Crippen LogP contribution is 2.60. The van der Waals surface area contributed by atoms with Crippen molar-refractivity contribution in [2.24, 2.45) is 17.8 Å². The molecule has 4 unspecified atom stereocenters. The number of hydrogen-bond acceptors (Lipinski definition) is 4. The minimum absolute atomic E-state index is 0.00567. The van der Waals surface area contributed by atoms with Crippen LogP contribution >= 0.6 is 0 Å². The van der Waals surface area contributed by atoms with Crippen molar-refractivity contribution >= 4 is 16.8 Å². The Hall–Kier alpha value is -3.27. The number of fused-ring (bicyclic) bond motifs is 2. The molecule has 7 nitrogen and oxygen atoms in total. The van der Waals surface area contributed by atoms with E-state index in [0.717, 1.165) is 23.0 Å². The number of nitrogens with one attached hydrogen (secondary N) is 2. The van der Waals surface area contributed by atoms with Crippen LogP contribution in [-0.2, 0) is 6.54 Å². The molecule has 0 spiro atoms. The molecule has 2 N–H and O–H groups in total. The summed E-state index contributed by atoms with van der Waals surface area (Å²) in [4.78, 5) is 30.3. The molecule has 1 aromatic carbocycles. The molecule has 2 saturated carbocycles. The molecule has 5 rings (SSSR count). The fourth-order valence-corrected chi connectivity index (χ4v) is 6.95. The Morgan fingerprint density at radius 1 is 1.23 bits per heavy atom. The number of aromatic amines is 1. The number of pyridine rings is 1. The molecule has 0 aliphatic heterocycles. The highest BCUT2D eigenvalue weighted by Gasteiger charge is 2.57. The number of carbonyl (C=O) groups excluding carboxylic acids is 1. The lowest BCUT2D eigenvalue weighted by atomic mass is 9.93. The fraction of sp³-hybridized carbons (Fsp3) is 0.517. The Bertz CT molecular complexity index is 1460. The van der Waals surface area contributed by atoms with Gasteiger partial charge in [0.1, 0.15) is 5.75 Å². The van der Waals surface area contributed by atoms with Gasteiger partial charge in [0, 0.05) is 34.4 Å². The topological polar surface area (TPSA) is 79.4 Å². The van der Waals surface area contributed by atoms with Gasteiger partial charge in [-0.15, -0.1) is 0 Å². The van der Waals surface area contributed by atoms with E-state index in [1.54, 1.807) is 20.0 Å². The van der Waals surface area contributed by atoms with Gasteiger partial charge in [-0.1, -0.05) is 18.2 Å². The SMILES string of the molecule is COc1cc(C)[nH]c(=O)c1CNC(=O)c1c(C)n([C@H](C)C2CC(N(C)CC(F)(F)F)C3CC32)c2ccccc12. The van der Waals surface area contributed by atoms with Gasteiger partial charge in [-0.05, 0) is 70.5 Å². The van der Waals surface area contributed by atoms with Gasteiger partial charge in [0.25, 0.3) is 11.5 Å². The lowest BCUT2D eigenvalue weighted by Gasteiger charge is -2.30. The lowest BCUT2D eigenvalue weighted by molar-refractivity contribution is -0.148. The van der Waals surface area contributed by atoms with Crippen molar-refractivity contribution in [1.29, 1.82) is 0 Å². The molecule has 0 bridgehead atoms. The number of H-pyrrole nitrogens is 1. The third kappa shape index (κ3) is 5.06. The monoisotopic (exact) mass is 544 g/mol. The zero-order chi connectivity index (χ0) is 28.2. The van der Waals surface area contributed by atoms with E-state index in [0.29, 0.717) is 34.9 Å². The predicted molar refractivity (Wildman–Crippen MR) is 143 cm³/mol. The van der Waals surface area contributed by atoms with Crippen molar-refractivity contribution in [1.82, 2.24) is 19.8 Å². The summed E-state index contributed by atoms with van der Waals surface area (Å²) < 4.78 is 46.7. The summed E-state index contributed by atoms with van der Waals surface area (Å²) in [6.45, 7) is 4.90. The van der Waals surface area contributed by atoms with Crippen molar-refractivity contribution in [2.45, 2.75) is 58.4 Å². The lowest BCUT2D eigenvalue weighted by Crippen LogP contribution is -2.39. The number of ether oxygens (including phenoxy) is 1. The van der Waals surface area contributed by atoms with Crippen LogP contribution in [0.25, 0.3) is 10.9 Å². The molecule has 2 heterocycles. The number of aryl methyl sites for hydroxylation is 1. The molecular weight excluding hydrogens is 509 g/mol. The summed E-state index contributed by atoms with van der Waals surface area (Å²) >= 11 is 0. The normalized spacial score (nSPS) is 23.2. The van der Waals surface area contributed by atoms with Crippen LogP contribution in [0, 0.1) is 31.6 Å². The standard InChI is InChI=1S/C29H35F3N4O3/c1-15-10-25(39-5)22(27(37)34-15)13-33-28(38)26-17(3)36(23-9-7-6-8-18(23)26)16(2)19-12-24(21-11-20(19)21)35(4)14-29(30,31)32/h6-10,16,19-21,24H,11-14H2,1-5H3,(H,33,38)(H,34,37)/t16-,19?,20?,21?,24?/m1/s1. The Morgan fingerprint density at radius 3 is 2.64 bits per heavy atom. The molecule has 2 aliphatic rings. The number of benzene rings is 1. The van der Waals surface area contributed by atoms with Gasteiger partial charge in [-0.2, -0.15) is 13.2 Å². The molecule has 5 atom stereocenters. The van der Waals surface area contributed by atoms with Crippen LogP contribution in [0.5, 0.6) is 5.75 Å².